The summed E-state index contributed by atoms with van der Waals surface area (Å²) in [6, 6.07) is 4.59. The van der Waals surface area contributed by atoms with Gasteiger partial charge in [0.25, 0.3) is 11.8 Å². The molecule has 3 aliphatic carbocycles. The molecule has 472 valence electrons. The summed E-state index contributed by atoms with van der Waals surface area (Å²) in [6.07, 6.45) is 7.13. The molecule has 2 aromatic rings. The largest absolute Gasteiger partial charge is 0.484 e. The Kier molecular flexibility index (Phi) is 25.2. The van der Waals surface area contributed by atoms with Crippen molar-refractivity contribution >= 4 is 65.5 Å². The molecule has 3 saturated carbocycles. The number of nitrogens with one attached hydrogen (secondary N) is 6. The van der Waals surface area contributed by atoms with E-state index in [9.17, 15) is 38.4 Å². The number of amides is 7. The van der Waals surface area contributed by atoms with Crippen LogP contribution < -0.4 is 36.6 Å². The summed E-state index contributed by atoms with van der Waals surface area (Å²) >= 11 is 0. The quantitative estimate of drug-likeness (QED) is 0.0326. The van der Waals surface area contributed by atoms with Crippen molar-refractivity contribution in [3.8, 4) is 5.75 Å². The molecule has 1 aromatic carbocycles. The number of likely N-dealkylation sites (tertiary alicyclic amines) is 1. The first-order valence-corrected chi connectivity index (χ1v) is 30.2. The first kappa shape index (κ1) is 68.0. The Morgan fingerprint density at radius 1 is 0.753 bits per heavy atom. The number of benzene rings is 1. The van der Waals surface area contributed by atoms with Crippen LogP contribution in [0.2, 0.25) is 0 Å². The van der Waals surface area contributed by atoms with Gasteiger partial charge in [0.1, 0.15) is 29.0 Å². The normalized spacial score (nSPS) is 21.2. The van der Waals surface area contributed by atoms with Gasteiger partial charge in [0, 0.05) is 57.2 Å². The number of alkyl carbamates (subject to hydrolysis) is 1. The van der Waals surface area contributed by atoms with E-state index in [1.54, 1.807) is 70.7 Å². The molecule has 6 N–H and O–H groups in total. The van der Waals surface area contributed by atoms with Crippen molar-refractivity contribution in [1.82, 2.24) is 41.8 Å². The number of aromatic nitrogens is 1. The van der Waals surface area contributed by atoms with Gasteiger partial charge in [-0.1, -0.05) is 13.8 Å². The fourth-order valence-electron chi connectivity index (χ4n) is 11.5. The summed E-state index contributed by atoms with van der Waals surface area (Å²) < 4.78 is 46.6. The van der Waals surface area contributed by atoms with Gasteiger partial charge in [-0.25, -0.2) is 9.59 Å². The first-order chi connectivity index (χ1) is 40.2. The second kappa shape index (κ2) is 31.5. The van der Waals surface area contributed by atoms with Gasteiger partial charge >= 0.3 is 19.2 Å². The molecular weight excluding hydrogens is 1100 g/mol. The number of ether oxygens (including phenoxy) is 6. The zero-order chi connectivity index (χ0) is 62.0. The second-order valence-electron chi connectivity index (χ2n) is 25.2. The number of hydrogen-bond acceptors (Lipinski definition) is 17. The highest BCUT2D eigenvalue weighted by atomic mass is 16.7. The van der Waals surface area contributed by atoms with Crippen LogP contribution >= 0.6 is 0 Å². The SMILES string of the molecule is CC(=O)NCCCCC(NC(=O)C(CCCCNC(=O)OC(C)(C)C)NC(=O)CCOCCOCCOCCNC(=O)COc1ccc2c(C(=O)NCC(=O)N3CCCC3B3OC4C[C@H]5C[C@H](C5(C)C)[C@]4(C)O3)ccnc2c1)C(=O)OC(C)(C)C. The molecule has 25 heteroatoms. The zero-order valence-electron chi connectivity index (χ0n) is 51.6. The lowest BCUT2D eigenvalue weighted by molar-refractivity contribution is -0.199. The predicted molar refractivity (Wildman–Crippen MR) is 315 cm³/mol. The zero-order valence-corrected chi connectivity index (χ0v) is 51.6. The average molecular weight is 1190 g/mol. The minimum absolute atomic E-state index is 0.0244. The molecule has 5 aliphatic rings. The van der Waals surface area contributed by atoms with Gasteiger partial charge in [0.2, 0.25) is 23.6 Å². The molecule has 2 aliphatic heterocycles. The smallest absolute Gasteiger partial charge is 0.481 e. The van der Waals surface area contributed by atoms with Crippen molar-refractivity contribution in [3.05, 3.63) is 36.0 Å². The van der Waals surface area contributed by atoms with Crippen molar-refractivity contribution < 1.29 is 76.1 Å². The maximum absolute atomic E-state index is 13.7. The topological polar surface area (TPSA) is 299 Å². The highest BCUT2D eigenvalue weighted by Crippen LogP contribution is 2.66. The van der Waals surface area contributed by atoms with E-state index in [-0.39, 0.29) is 126 Å². The van der Waals surface area contributed by atoms with Crippen LogP contribution in [0.5, 0.6) is 5.75 Å². The Balaban J connectivity index is 0.827. The number of nitrogens with zero attached hydrogens (tertiary/aromatic N) is 2. The monoisotopic (exact) mass is 1190 g/mol. The standard InChI is InChI=1S/C60H93BN8O16/c1-39(70)62-23-13-12-17-45(55(76)82-57(2,3)4)68-54(75)44(16-11-14-24-65-56(77)83-58(5,6)7)67-50(71)22-28-78-30-32-80-33-31-79-29-26-64-51(72)38-81-41-19-20-42-43(21-25-63-46(42)36-41)53(74)66-37-52(73)69-27-15-18-49(69)61-84-48-35-40-34-47(59(40,8)9)60(48,10)85-61/h19-21,25,36,40,44-45,47-49H,11-18,22-24,26-35,37-38H2,1-10H3,(H,62,70)(H,64,72)(H,65,77)(H,66,74)(H,67,71)(H,68,75)/t40-,44?,45?,47-,48?,49?,60+/m1/s1. The number of fused-ring (bicyclic) bond motifs is 1. The van der Waals surface area contributed by atoms with E-state index in [2.05, 4.69) is 57.7 Å². The Hall–Kier alpha value is -6.15. The molecule has 7 rings (SSSR count). The molecule has 2 saturated heterocycles. The maximum atomic E-state index is 13.7. The van der Waals surface area contributed by atoms with E-state index in [0.29, 0.717) is 72.8 Å². The minimum atomic E-state index is -1.00. The van der Waals surface area contributed by atoms with Crippen LogP contribution in [0.1, 0.15) is 150 Å². The highest BCUT2D eigenvalue weighted by molar-refractivity contribution is 6.48. The second-order valence-corrected chi connectivity index (χ2v) is 25.2. The van der Waals surface area contributed by atoms with Crippen LogP contribution in [-0.2, 0) is 61.8 Å². The maximum Gasteiger partial charge on any atom is 0.481 e. The molecule has 85 heavy (non-hydrogen) atoms. The van der Waals surface area contributed by atoms with E-state index < -0.39 is 60.2 Å². The Morgan fingerprint density at radius 3 is 2.11 bits per heavy atom. The van der Waals surface area contributed by atoms with Crippen LogP contribution in [0.15, 0.2) is 30.5 Å². The lowest BCUT2D eigenvalue weighted by atomic mass is 9.43. The van der Waals surface area contributed by atoms with Crippen LogP contribution in [0.4, 0.5) is 4.79 Å². The molecule has 24 nitrogen and oxygen atoms in total. The fraction of sp³-hybridized carbons (Fsp3) is 0.717. The summed E-state index contributed by atoms with van der Waals surface area (Å²) in [5.41, 5.74) is -0.788. The van der Waals surface area contributed by atoms with Gasteiger partial charge in [0.05, 0.1) is 74.9 Å². The summed E-state index contributed by atoms with van der Waals surface area (Å²) in [4.78, 5) is 109. The molecule has 2 bridgehead atoms. The van der Waals surface area contributed by atoms with Crippen molar-refractivity contribution in [2.45, 2.75) is 181 Å². The Bertz CT molecular complexity index is 2610. The molecular formula is C60H93BN8O16. The first-order valence-electron chi connectivity index (χ1n) is 30.2. The van der Waals surface area contributed by atoms with E-state index >= 15 is 0 Å². The van der Waals surface area contributed by atoms with Gasteiger partial charge in [-0.05, 0) is 148 Å². The van der Waals surface area contributed by atoms with Crippen molar-refractivity contribution in [2.75, 3.05) is 79.0 Å². The van der Waals surface area contributed by atoms with E-state index in [1.165, 1.54) is 13.1 Å². The number of hydrogen-bond donors (Lipinski definition) is 6. The number of esters is 1. The van der Waals surface area contributed by atoms with Crippen molar-refractivity contribution in [3.63, 3.8) is 0 Å². The van der Waals surface area contributed by atoms with Gasteiger partial charge in [0.15, 0.2) is 6.61 Å². The molecule has 5 fully saturated rings. The van der Waals surface area contributed by atoms with E-state index in [1.807, 2.05) is 0 Å². The van der Waals surface area contributed by atoms with Crippen molar-refractivity contribution in [2.24, 2.45) is 17.3 Å². The number of rotatable bonds is 33. The third-order valence-electron chi connectivity index (χ3n) is 16.0. The van der Waals surface area contributed by atoms with Crippen LogP contribution in [0.25, 0.3) is 10.9 Å². The third kappa shape index (κ3) is 20.8. The highest BCUT2D eigenvalue weighted by Gasteiger charge is 2.69. The Morgan fingerprint density at radius 2 is 1.42 bits per heavy atom. The molecule has 7 amide bonds. The van der Waals surface area contributed by atoms with Gasteiger partial charge in [-0.3, -0.25) is 33.8 Å². The lowest BCUT2D eigenvalue weighted by Gasteiger charge is -2.64. The molecule has 0 radical (unpaired) electrons. The molecule has 3 heterocycles. The van der Waals surface area contributed by atoms with Gasteiger partial charge in [-0.15, -0.1) is 0 Å². The van der Waals surface area contributed by atoms with Crippen LogP contribution in [0.3, 0.4) is 0 Å². The summed E-state index contributed by atoms with van der Waals surface area (Å²) in [7, 11) is -0.487. The molecule has 0 spiro atoms. The minimum Gasteiger partial charge on any atom is -0.484 e. The molecule has 4 unspecified atom stereocenters. The number of carbonyl (C=O) groups excluding carboxylic acids is 8. The Labute approximate surface area is 500 Å². The predicted octanol–water partition coefficient (Wildman–Crippen LogP) is 4.47. The molecule has 1 aromatic heterocycles. The van der Waals surface area contributed by atoms with Crippen LogP contribution in [-0.4, -0.2) is 184 Å². The third-order valence-corrected chi connectivity index (χ3v) is 16.0. The summed E-state index contributed by atoms with van der Waals surface area (Å²) in [5, 5.41) is 17.1. The number of pyridine rings is 1. The average Bonchev–Trinajstić information content (AvgIpc) is 1.70. The van der Waals surface area contributed by atoms with Crippen molar-refractivity contribution in [1.29, 1.82) is 0 Å². The van der Waals surface area contributed by atoms with Gasteiger partial charge in [-0.2, -0.15) is 0 Å². The number of carbonyl (C=O) groups is 8. The summed E-state index contributed by atoms with van der Waals surface area (Å²) in [6.45, 7) is 21.0. The van der Waals surface area contributed by atoms with E-state index in [0.717, 1.165) is 25.7 Å². The lowest BCUT2D eigenvalue weighted by Crippen LogP contribution is -2.65. The van der Waals surface area contributed by atoms with Crippen LogP contribution in [0, 0.1) is 17.3 Å². The number of unbranched alkanes of at least 4 members (excludes halogenated alkanes) is 2. The summed E-state index contributed by atoms with van der Waals surface area (Å²) in [5.74, 6) is -1.53. The van der Waals surface area contributed by atoms with E-state index in [4.69, 9.17) is 37.7 Å². The fourth-order valence-corrected chi connectivity index (χ4v) is 11.5. The van der Waals surface area contributed by atoms with Gasteiger partial charge < -0.3 is 74.5 Å². The molecule has 7 atom stereocenters.